The molecule has 0 bridgehead atoms. The molecular weight excluding hydrogens is 226 g/mol. The summed E-state index contributed by atoms with van der Waals surface area (Å²) >= 11 is 0. The Balaban J connectivity index is 3.01. The summed E-state index contributed by atoms with van der Waals surface area (Å²) in [5, 5.41) is 2.83. The van der Waals surface area contributed by atoms with Crippen LogP contribution in [-0.2, 0) is 9.84 Å². The lowest BCUT2D eigenvalue weighted by atomic mass is 10.2. The molecule has 5 heteroatoms. The molecule has 4 nitrogen and oxygen atoms in total. The van der Waals surface area contributed by atoms with Crippen LogP contribution in [0.3, 0.4) is 0 Å². The molecule has 1 rings (SSSR count). The fraction of sp³-hybridized carbons (Fsp3) is 0.455. The zero-order chi connectivity index (χ0) is 12.2. The maximum atomic E-state index is 11.9. The number of aryl methyl sites for hydroxylation is 1. The molecule has 0 heterocycles. The number of ether oxygens (including phenoxy) is 1. The van der Waals surface area contributed by atoms with Crippen LogP contribution in [0.2, 0.25) is 0 Å². The van der Waals surface area contributed by atoms with Crippen LogP contribution in [0.1, 0.15) is 5.56 Å². The number of sulfone groups is 1. The van der Waals surface area contributed by atoms with Crippen molar-refractivity contribution in [3.63, 3.8) is 0 Å². The first-order valence-electron chi connectivity index (χ1n) is 5.03. The number of benzene rings is 1. The van der Waals surface area contributed by atoms with Crippen molar-refractivity contribution in [1.29, 1.82) is 0 Å². The second-order valence-electron chi connectivity index (χ2n) is 3.55. The van der Waals surface area contributed by atoms with Crippen molar-refractivity contribution >= 4 is 9.84 Å². The van der Waals surface area contributed by atoms with Crippen molar-refractivity contribution in [3.8, 4) is 5.75 Å². The topological polar surface area (TPSA) is 55.4 Å². The van der Waals surface area contributed by atoms with Crippen molar-refractivity contribution < 1.29 is 13.2 Å². The smallest absolute Gasteiger partial charge is 0.179 e. The van der Waals surface area contributed by atoms with Crippen molar-refractivity contribution in [2.24, 2.45) is 0 Å². The highest BCUT2D eigenvalue weighted by Crippen LogP contribution is 2.21. The number of nitrogens with one attached hydrogen (secondary N) is 1. The lowest BCUT2D eigenvalue weighted by Gasteiger charge is -2.08. The molecule has 0 radical (unpaired) electrons. The van der Waals surface area contributed by atoms with E-state index >= 15 is 0 Å². The maximum Gasteiger partial charge on any atom is 0.179 e. The number of methoxy groups -OCH3 is 1. The first kappa shape index (κ1) is 13.0. The van der Waals surface area contributed by atoms with Crippen molar-refractivity contribution in [2.45, 2.75) is 11.8 Å². The van der Waals surface area contributed by atoms with Gasteiger partial charge in [0.05, 0.1) is 17.8 Å². The molecular formula is C11H17NO3S. The zero-order valence-corrected chi connectivity index (χ0v) is 10.6. The summed E-state index contributed by atoms with van der Waals surface area (Å²) in [6, 6.07) is 4.91. The summed E-state index contributed by atoms with van der Waals surface area (Å²) in [6.45, 7) is 2.28. The van der Waals surface area contributed by atoms with E-state index in [9.17, 15) is 8.42 Å². The lowest BCUT2D eigenvalue weighted by molar-refractivity contribution is 0.411. The summed E-state index contributed by atoms with van der Waals surface area (Å²) in [6.07, 6.45) is 0. The largest absolute Gasteiger partial charge is 0.496 e. The first-order valence-corrected chi connectivity index (χ1v) is 6.68. The molecule has 0 aromatic heterocycles. The monoisotopic (exact) mass is 243 g/mol. The van der Waals surface area contributed by atoms with E-state index < -0.39 is 9.84 Å². The predicted octanol–water partition coefficient (Wildman–Crippen LogP) is 0.997. The van der Waals surface area contributed by atoms with Crippen LogP contribution in [0.4, 0.5) is 0 Å². The van der Waals surface area contributed by atoms with Crippen LogP contribution < -0.4 is 10.1 Å². The van der Waals surface area contributed by atoms with E-state index in [2.05, 4.69) is 5.32 Å². The quantitative estimate of drug-likeness (QED) is 0.838. The minimum Gasteiger partial charge on any atom is -0.496 e. The maximum absolute atomic E-state index is 11.9. The van der Waals surface area contributed by atoms with Gasteiger partial charge in [0, 0.05) is 6.54 Å². The third-order valence-electron chi connectivity index (χ3n) is 2.35. The second-order valence-corrected chi connectivity index (χ2v) is 5.66. The molecule has 0 aliphatic carbocycles. The molecule has 16 heavy (non-hydrogen) atoms. The molecule has 0 fully saturated rings. The van der Waals surface area contributed by atoms with E-state index in [0.717, 1.165) is 5.56 Å². The number of hydrogen-bond acceptors (Lipinski definition) is 4. The number of hydrogen-bond donors (Lipinski definition) is 1. The third kappa shape index (κ3) is 2.96. The van der Waals surface area contributed by atoms with Crippen LogP contribution in [0.15, 0.2) is 23.1 Å². The molecule has 0 spiro atoms. The van der Waals surface area contributed by atoms with Gasteiger partial charge in [0.1, 0.15) is 5.75 Å². The Labute approximate surface area is 96.5 Å². The van der Waals surface area contributed by atoms with Gasteiger partial charge in [-0.2, -0.15) is 0 Å². The molecule has 90 valence electrons. The first-order chi connectivity index (χ1) is 7.51. The highest BCUT2D eigenvalue weighted by Gasteiger charge is 2.14. The molecule has 0 aliphatic rings. The van der Waals surface area contributed by atoms with Gasteiger partial charge >= 0.3 is 0 Å². The van der Waals surface area contributed by atoms with Crippen LogP contribution in [0.25, 0.3) is 0 Å². The molecule has 1 aromatic carbocycles. The molecule has 0 saturated carbocycles. The van der Waals surface area contributed by atoms with E-state index in [1.807, 2.05) is 6.92 Å². The van der Waals surface area contributed by atoms with Gasteiger partial charge in [0.15, 0.2) is 9.84 Å². The lowest BCUT2D eigenvalue weighted by Crippen LogP contribution is -2.19. The Kier molecular flexibility index (Phi) is 4.32. The van der Waals surface area contributed by atoms with Crippen LogP contribution in [-0.4, -0.2) is 34.9 Å². The van der Waals surface area contributed by atoms with Crippen LogP contribution in [0, 0.1) is 6.92 Å². The highest BCUT2D eigenvalue weighted by molar-refractivity contribution is 7.91. The fourth-order valence-corrected chi connectivity index (χ4v) is 2.74. The van der Waals surface area contributed by atoms with Gasteiger partial charge in [0.2, 0.25) is 0 Å². The van der Waals surface area contributed by atoms with E-state index in [0.29, 0.717) is 17.2 Å². The number of rotatable bonds is 5. The Morgan fingerprint density at radius 3 is 2.56 bits per heavy atom. The average molecular weight is 243 g/mol. The molecule has 0 amide bonds. The molecule has 0 atom stereocenters. The molecule has 0 unspecified atom stereocenters. The van der Waals surface area contributed by atoms with Gasteiger partial charge in [-0.1, -0.05) is 0 Å². The van der Waals surface area contributed by atoms with Crippen molar-refractivity contribution in [3.05, 3.63) is 23.8 Å². The molecule has 0 aliphatic heterocycles. The zero-order valence-electron chi connectivity index (χ0n) is 9.78. The Morgan fingerprint density at radius 1 is 1.38 bits per heavy atom. The minimum atomic E-state index is -3.19. The third-order valence-corrected chi connectivity index (χ3v) is 4.06. The summed E-state index contributed by atoms with van der Waals surface area (Å²) < 4.78 is 28.8. The second kappa shape index (κ2) is 5.32. The summed E-state index contributed by atoms with van der Waals surface area (Å²) in [7, 11) is 0.110. The van der Waals surface area contributed by atoms with Gasteiger partial charge in [0.25, 0.3) is 0 Å². The summed E-state index contributed by atoms with van der Waals surface area (Å²) in [5.74, 6) is 0.808. The normalized spacial score (nSPS) is 11.4. The van der Waals surface area contributed by atoms with Gasteiger partial charge in [-0.15, -0.1) is 0 Å². The van der Waals surface area contributed by atoms with Crippen LogP contribution in [0.5, 0.6) is 5.75 Å². The van der Waals surface area contributed by atoms with Crippen LogP contribution >= 0.6 is 0 Å². The summed E-state index contributed by atoms with van der Waals surface area (Å²) in [5.41, 5.74) is 0.827. The van der Waals surface area contributed by atoms with E-state index in [1.54, 1.807) is 32.4 Å². The molecule has 0 saturated heterocycles. The van der Waals surface area contributed by atoms with Crippen molar-refractivity contribution in [1.82, 2.24) is 5.32 Å². The van der Waals surface area contributed by atoms with E-state index in [4.69, 9.17) is 4.74 Å². The average Bonchev–Trinajstić information content (AvgIpc) is 2.26. The van der Waals surface area contributed by atoms with Gasteiger partial charge in [-0.25, -0.2) is 8.42 Å². The predicted molar refractivity (Wildman–Crippen MR) is 63.7 cm³/mol. The van der Waals surface area contributed by atoms with Gasteiger partial charge in [-0.05, 0) is 37.7 Å². The Morgan fingerprint density at radius 2 is 2.06 bits per heavy atom. The molecule has 1 aromatic rings. The standard InChI is InChI=1S/C11H17NO3S/c1-9-8-10(4-5-11(9)15-3)16(13,14)7-6-12-2/h4-5,8,12H,6-7H2,1-3H3. The summed E-state index contributed by atoms with van der Waals surface area (Å²) in [4.78, 5) is 0.348. The fourth-order valence-electron chi connectivity index (χ4n) is 1.40. The highest BCUT2D eigenvalue weighted by atomic mass is 32.2. The Bertz CT molecular complexity index is 454. The Hall–Kier alpha value is -1.07. The van der Waals surface area contributed by atoms with Crippen molar-refractivity contribution in [2.75, 3.05) is 26.5 Å². The van der Waals surface area contributed by atoms with E-state index in [1.165, 1.54) is 0 Å². The van der Waals surface area contributed by atoms with Gasteiger partial charge in [-0.3, -0.25) is 0 Å². The van der Waals surface area contributed by atoms with Gasteiger partial charge < -0.3 is 10.1 Å². The SMILES string of the molecule is CNCCS(=O)(=O)c1ccc(OC)c(C)c1. The molecule has 1 N–H and O–H groups in total. The minimum absolute atomic E-state index is 0.106. The van der Waals surface area contributed by atoms with E-state index in [-0.39, 0.29) is 5.75 Å².